The van der Waals surface area contributed by atoms with Gasteiger partial charge in [0.25, 0.3) is 0 Å². The lowest BCUT2D eigenvalue weighted by Crippen LogP contribution is -2.08. The van der Waals surface area contributed by atoms with Crippen LogP contribution in [0.3, 0.4) is 0 Å². The van der Waals surface area contributed by atoms with Crippen LogP contribution < -0.4 is 14.9 Å². The number of hydrogen-bond acceptors (Lipinski definition) is 5. The van der Waals surface area contributed by atoms with Crippen LogP contribution in [0.1, 0.15) is 11.1 Å². The summed E-state index contributed by atoms with van der Waals surface area (Å²) in [5.74, 6) is 1.35. The maximum atomic E-state index is 13.3. The van der Waals surface area contributed by atoms with E-state index in [0.717, 1.165) is 33.6 Å². The van der Waals surface area contributed by atoms with Gasteiger partial charge in [-0.25, -0.2) is 0 Å². The first-order valence-electron chi connectivity index (χ1n) is 9.24. The number of rotatable bonds is 4. The second-order valence-corrected chi connectivity index (χ2v) is 6.90. The molecule has 4 rings (SSSR count). The molecule has 0 saturated carbocycles. The lowest BCUT2D eigenvalue weighted by atomic mass is 9.99. The van der Waals surface area contributed by atoms with Crippen molar-refractivity contribution in [3.05, 3.63) is 76.2 Å². The summed E-state index contributed by atoms with van der Waals surface area (Å²) in [6, 6.07) is 13.3. The molecule has 0 spiro atoms. The molecule has 146 valence electrons. The Balaban J connectivity index is 2.07. The first kappa shape index (κ1) is 18.7. The van der Waals surface area contributed by atoms with E-state index in [4.69, 9.17) is 13.9 Å². The topological polar surface area (TPSA) is 61.6 Å². The van der Waals surface area contributed by atoms with E-state index in [9.17, 15) is 4.79 Å². The van der Waals surface area contributed by atoms with Crippen LogP contribution in [0.25, 0.3) is 33.4 Å². The van der Waals surface area contributed by atoms with E-state index < -0.39 is 0 Å². The average Bonchev–Trinajstić information content (AvgIpc) is 2.74. The number of benzene rings is 2. The third kappa shape index (κ3) is 3.25. The van der Waals surface area contributed by atoms with Crippen molar-refractivity contribution >= 4 is 11.0 Å². The van der Waals surface area contributed by atoms with Crippen LogP contribution >= 0.6 is 0 Å². The highest BCUT2D eigenvalue weighted by Gasteiger charge is 2.20. The Kier molecular flexibility index (Phi) is 4.80. The summed E-state index contributed by atoms with van der Waals surface area (Å²) in [6.07, 6.45) is 3.44. The number of pyridine rings is 1. The number of aryl methyl sites for hydroxylation is 2. The van der Waals surface area contributed by atoms with Gasteiger partial charge in [-0.3, -0.25) is 9.78 Å². The van der Waals surface area contributed by atoms with Gasteiger partial charge in [0.15, 0.2) is 5.76 Å². The second kappa shape index (κ2) is 7.43. The van der Waals surface area contributed by atoms with Gasteiger partial charge in [-0.15, -0.1) is 0 Å². The number of hydrogen-bond donors (Lipinski definition) is 0. The second-order valence-electron chi connectivity index (χ2n) is 6.90. The first-order chi connectivity index (χ1) is 14.0. The van der Waals surface area contributed by atoms with Crippen LogP contribution in [0, 0.1) is 13.8 Å². The largest absolute Gasteiger partial charge is 0.496 e. The lowest BCUT2D eigenvalue weighted by Gasteiger charge is -2.14. The maximum Gasteiger partial charge on any atom is 0.235 e. The summed E-state index contributed by atoms with van der Waals surface area (Å²) in [5.41, 5.74) is 4.75. The third-order valence-corrected chi connectivity index (χ3v) is 4.95. The predicted molar refractivity (Wildman–Crippen MR) is 114 cm³/mol. The average molecular weight is 387 g/mol. The molecule has 4 aromatic rings. The molecule has 0 aliphatic heterocycles. The first-order valence-corrected chi connectivity index (χ1v) is 9.24. The fraction of sp³-hybridized carbons (Fsp3) is 0.167. The van der Waals surface area contributed by atoms with Crippen LogP contribution in [-0.2, 0) is 0 Å². The van der Waals surface area contributed by atoms with E-state index in [1.807, 2.05) is 56.3 Å². The highest BCUT2D eigenvalue weighted by molar-refractivity contribution is 5.94. The van der Waals surface area contributed by atoms with Crippen molar-refractivity contribution in [2.45, 2.75) is 13.8 Å². The van der Waals surface area contributed by atoms with E-state index >= 15 is 0 Å². The molecule has 0 unspecified atom stereocenters. The smallest absolute Gasteiger partial charge is 0.235 e. The zero-order valence-electron chi connectivity index (χ0n) is 16.8. The van der Waals surface area contributed by atoms with E-state index in [1.54, 1.807) is 19.5 Å². The van der Waals surface area contributed by atoms with Gasteiger partial charge in [-0.05, 0) is 73.0 Å². The molecular weight excluding hydrogens is 366 g/mol. The van der Waals surface area contributed by atoms with E-state index in [2.05, 4.69) is 4.98 Å². The van der Waals surface area contributed by atoms with Crippen LogP contribution in [0.4, 0.5) is 0 Å². The van der Waals surface area contributed by atoms with Crippen LogP contribution in [0.2, 0.25) is 0 Å². The Bertz CT molecular complexity index is 1260. The molecule has 5 nitrogen and oxygen atoms in total. The summed E-state index contributed by atoms with van der Waals surface area (Å²) in [7, 11) is 3.11. The summed E-state index contributed by atoms with van der Waals surface area (Å²) >= 11 is 0. The number of ether oxygens (including phenoxy) is 2. The minimum Gasteiger partial charge on any atom is -0.496 e. The van der Waals surface area contributed by atoms with Crippen molar-refractivity contribution in [1.29, 1.82) is 0 Å². The molecule has 0 bridgehead atoms. The molecule has 0 fully saturated rings. The molecule has 0 atom stereocenters. The summed E-state index contributed by atoms with van der Waals surface area (Å²) in [5, 5.41) is 0.489. The van der Waals surface area contributed by atoms with Gasteiger partial charge in [0.05, 0.1) is 19.6 Å². The monoisotopic (exact) mass is 387 g/mol. The quantitative estimate of drug-likeness (QED) is 0.484. The maximum absolute atomic E-state index is 13.3. The minimum atomic E-state index is -0.198. The van der Waals surface area contributed by atoms with Gasteiger partial charge in [0.1, 0.15) is 11.3 Å². The van der Waals surface area contributed by atoms with E-state index in [0.29, 0.717) is 16.7 Å². The Morgan fingerprint density at radius 3 is 2.31 bits per heavy atom. The zero-order valence-corrected chi connectivity index (χ0v) is 16.8. The Labute approximate surface area is 168 Å². The highest BCUT2D eigenvalue weighted by Crippen LogP contribution is 2.37. The standard InChI is InChI=1S/C24H21NO4/c1-14-11-18(16-7-9-25-10-8-16)23-19(12-14)21(26)24(28-4)22(29-23)17-5-6-20(27-3)15(2)13-17/h5-13H,1-4H3. The van der Waals surface area contributed by atoms with Gasteiger partial charge < -0.3 is 13.9 Å². The molecule has 5 heteroatoms. The molecule has 0 saturated heterocycles. The minimum absolute atomic E-state index is 0.188. The number of aromatic nitrogens is 1. The van der Waals surface area contributed by atoms with Crippen molar-refractivity contribution in [3.63, 3.8) is 0 Å². The summed E-state index contributed by atoms with van der Waals surface area (Å²) in [4.78, 5) is 17.4. The third-order valence-electron chi connectivity index (χ3n) is 4.95. The van der Waals surface area contributed by atoms with E-state index in [-0.39, 0.29) is 11.2 Å². The Hall–Kier alpha value is -3.60. The van der Waals surface area contributed by atoms with Crippen molar-refractivity contribution in [3.8, 4) is 33.9 Å². The molecule has 2 aromatic carbocycles. The van der Waals surface area contributed by atoms with Crippen molar-refractivity contribution < 1.29 is 13.9 Å². The SMILES string of the molecule is COc1ccc(-c2oc3c(-c4ccncc4)cc(C)cc3c(=O)c2OC)cc1C. The predicted octanol–water partition coefficient (Wildman–Crippen LogP) is 5.16. The van der Waals surface area contributed by atoms with Gasteiger partial charge in [0.2, 0.25) is 11.2 Å². The number of methoxy groups -OCH3 is 2. The van der Waals surface area contributed by atoms with E-state index in [1.165, 1.54) is 7.11 Å². The van der Waals surface area contributed by atoms with Crippen LogP contribution in [-0.4, -0.2) is 19.2 Å². The normalized spacial score (nSPS) is 10.9. The van der Waals surface area contributed by atoms with Gasteiger partial charge in [0, 0.05) is 23.5 Å². The molecule has 2 heterocycles. The Morgan fingerprint density at radius 2 is 1.66 bits per heavy atom. The van der Waals surface area contributed by atoms with Crippen molar-refractivity contribution in [2.24, 2.45) is 0 Å². The van der Waals surface area contributed by atoms with Crippen LogP contribution in [0.15, 0.2) is 64.1 Å². The molecule has 0 aliphatic rings. The molecule has 29 heavy (non-hydrogen) atoms. The molecule has 0 aliphatic carbocycles. The molecule has 2 aromatic heterocycles. The summed E-state index contributed by atoms with van der Waals surface area (Å²) in [6.45, 7) is 3.90. The molecule has 0 radical (unpaired) electrons. The fourth-order valence-corrected chi connectivity index (χ4v) is 3.57. The lowest BCUT2D eigenvalue weighted by molar-refractivity contribution is 0.398. The summed E-state index contributed by atoms with van der Waals surface area (Å²) < 4.78 is 17.2. The Morgan fingerprint density at radius 1 is 0.897 bits per heavy atom. The van der Waals surface area contributed by atoms with Gasteiger partial charge in [-0.1, -0.05) is 0 Å². The molecular formula is C24H21NO4. The molecule has 0 N–H and O–H groups in total. The van der Waals surface area contributed by atoms with Crippen molar-refractivity contribution in [1.82, 2.24) is 4.98 Å². The fourth-order valence-electron chi connectivity index (χ4n) is 3.57. The molecule has 0 amide bonds. The highest BCUT2D eigenvalue weighted by atomic mass is 16.5. The zero-order chi connectivity index (χ0) is 20.5. The van der Waals surface area contributed by atoms with Gasteiger partial charge >= 0.3 is 0 Å². The number of nitrogens with zero attached hydrogens (tertiary/aromatic N) is 1. The van der Waals surface area contributed by atoms with Crippen molar-refractivity contribution in [2.75, 3.05) is 14.2 Å². The van der Waals surface area contributed by atoms with Crippen LogP contribution in [0.5, 0.6) is 11.5 Å². The number of fused-ring (bicyclic) bond motifs is 1. The van der Waals surface area contributed by atoms with Gasteiger partial charge in [-0.2, -0.15) is 0 Å².